The van der Waals surface area contributed by atoms with Crippen LogP contribution in [0.1, 0.15) is 34.6 Å². The largest absolute Gasteiger partial charge is 0.377 e. The zero-order chi connectivity index (χ0) is 15.0. The number of ether oxygens (including phenoxy) is 1. The highest BCUT2D eigenvalue weighted by molar-refractivity contribution is 5.88. The molecule has 0 aromatic rings. The Labute approximate surface area is 116 Å². The molecule has 0 heterocycles. The van der Waals surface area contributed by atoms with E-state index in [4.69, 9.17) is 4.74 Å². The molecule has 0 fully saturated rings. The summed E-state index contributed by atoms with van der Waals surface area (Å²) in [7, 11) is 1.86. The van der Waals surface area contributed by atoms with Crippen molar-refractivity contribution in [1.29, 1.82) is 0 Å². The molecule has 0 rings (SSSR count). The Morgan fingerprint density at radius 1 is 1.21 bits per heavy atom. The van der Waals surface area contributed by atoms with Crippen molar-refractivity contribution in [2.45, 2.75) is 46.8 Å². The highest BCUT2D eigenvalue weighted by Gasteiger charge is 2.20. The average molecular weight is 272 g/mol. The maximum absolute atomic E-state index is 11.8. The van der Waals surface area contributed by atoms with E-state index in [1.165, 1.54) is 6.92 Å². The first-order valence-corrected chi connectivity index (χ1v) is 6.84. The zero-order valence-corrected chi connectivity index (χ0v) is 13.0. The van der Waals surface area contributed by atoms with Crippen LogP contribution in [0.2, 0.25) is 0 Å². The molecule has 0 aliphatic carbocycles. The van der Waals surface area contributed by atoms with Crippen LogP contribution in [0.3, 0.4) is 0 Å². The van der Waals surface area contributed by atoms with Crippen molar-refractivity contribution in [3.63, 3.8) is 0 Å². The SMILES string of the molecule is CC(=O)C(NC(=O)CN(C)CCOC(C)C)C(C)C. The predicted molar refractivity (Wildman–Crippen MR) is 76.0 cm³/mol. The molecule has 0 spiro atoms. The van der Waals surface area contributed by atoms with Crippen molar-refractivity contribution >= 4 is 11.7 Å². The minimum absolute atomic E-state index is 0.00542. The summed E-state index contributed by atoms with van der Waals surface area (Å²) in [5, 5.41) is 2.78. The molecule has 0 aliphatic heterocycles. The minimum atomic E-state index is -0.396. The lowest BCUT2D eigenvalue weighted by atomic mass is 10.0. The van der Waals surface area contributed by atoms with Gasteiger partial charge in [0.1, 0.15) is 0 Å². The second-order valence-electron chi connectivity index (χ2n) is 5.56. The third-order valence-corrected chi connectivity index (χ3v) is 2.76. The quantitative estimate of drug-likeness (QED) is 0.682. The van der Waals surface area contributed by atoms with Crippen LogP contribution >= 0.6 is 0 Å². The first-order chi connectivity index (χ1) is 8.73. The highest BCUT2D eigenvalue weighted by Crippen LogP contribution is 2.02. The number of ketones is 1. The number of carbonyl (C=O) groups excluding carboxylic acids is 2. The normalized spacial score (nSPS) is 13.1. The number of nitrogens with zero attached hydrogens (tertiary/aromatic N) is 1. The molecule has 0 aromatic carbocycles. The van der Waals surface area contributed by atoms with E-state index < -0.39 is 6.04 Å². The molecule has 0 aromatic heterocycles. The molecule has 1 atom stereocenters. The van der Waals surface area contributed by atoms with Crippen LogP contribution in [0.5, 0.6) is 0 Å². The van der Waals surface area contributed by atoms with Crippen LogP contribution in [-0.4, -0.2) is 55.5 Å². The second kappa shape index (κ2) is 9.04. The molecule has 0 aliphatic rings. The Morgan fingerprint density at radius 2 is 1.79 bits per heavy atom. The topological polar surface area (TPSA) is 58.6 Å². The van der Waals surface area contributed by atoms with Crippen LogP contribution in [0.4, 0.5) is 0 Å². The van der Waals surface area contributed by atoms with E-state index in [0.29, 0.717) is 13.2 Å². The fourth-order valence-electron chi connectivity index (χ4n) is 1.73. The number of nitrogens with one attached hydrogen (secondary N) is 1. The Kier molecular flexibility index (Phi) is 8.59. The van der Waals surface area contributed by atoms with Crippen LogP contribution in [0.15, 0.2) is 0 Å². The van der Waals surface area contributed by atoms with E-state index in [0.717, 1.165) is 0 Å². The lowest BCUT2D eigenvalue weighted by Crippen LogP contribution is -2.47. The Morgan fingerprint density at radius 3 is 2.21 bits per heavy atom. The standard InChI is InChI=1S/C14H28N2O3/c1-10(2)14(12(5)17)15-13(18)9-16(6)7-8-19-11(3)4/h10-11,14H,7-9H2,1-6H3,(H,15,18). The molecule has 0 saturated heterocycles. The number of hydrogen-bond acceptors (Lipinski definition) is 4. The summed E-state index contributed by atoms with van der Waals surface area (Å²) in [6, 6.07) is -0.396. The van der Waals surface area contributed by atoms with Crippen molar-refractivity contribution in [3.05, 3.63) is 0 Å². The molecule has 1 amide bonds. The van der Waals surface area contributed by atoms with Gasteiger partial charge in [0.2, 0.25) is 5.91 Å². The number of likely N-dealkylation sites (N-methyl/N-ethyl adjacent to an activating group) is 1. The van der Waals surface area contributed by atoms with Gasteiger partial charge in [0.05, 0.1) is 25.3 Å². The minimum Gasteiger partial charge on any atom is -0.377 e. The number of carbonyl (C=O) groups is 2. The van der Waals surface area contributed by atoms with Gasteiger partial charge >= 0.3 is 0 Å². The summed E-state index contributed by atoms with van der Waals surface area (Å²) < 4.78 is 5.42. The monoisotopic (exact) mass is 272 g/mol. The van der Waals surface area contributed by atoms with Gasteiger partial charge in [-0.2, -0.15) is 0 Å². The molecular weight excluding hydrogens is 244 g/mol. The summed E-state index contributed by atoms with van der Waals surface area (Å²) in [5.74, 6) is -0.0221. The van der Waals surface area contributed by atoms with Gasteiger partial charge in [-0.05, 0) is 33.7 Å². The Bertz CT molecular complexity index is 290. The molecule has 112 valence electrons. The van der Waals surface area contributed by atoms with E-state index in [1.807, 2.05) is 39.6 Å². The summed E-state index contributed by atoms with van der Waals surface area (Å²) in [4.78, 5) is 25.1. The van der Waals surface area contributed by atoms with Gasteiger partial charge < -0.3 is 10.1 Å². The molecule has 5 heteroatoms. The molecule has 0 bridgehead atoms. The zero-order valence-electron chi connectivity index (χ0n) is 13.0. The maximum Gasteiger partial charge on any atom is 0.234 e. The number of hydrogen-bond donors (Lipinski definition) is 1. The molecule has 1 N–H and O–H groups in total. The fraction of sp³-hybridized carbons (Fsp3) is 0.857. The van der Waals surface area contributed by atoms with Crippen molar-refractivity contribution in [3.8, 4) is 0 Å². The molecule has 0 saturated carbocycles. The number of amides is 1. The molecule has 0 radical (unpaired) electrons. The van der Waals surface area contributed by atoms with Gasteiger partial charge in [0.15, 0.2) is 5.78 Å². The molecule has 1 unspecified atom stereocenters. The van der Waals surface area contributed by atoms with Gasteiger partial charge in [-0.25, -0.2) is 0 Å². The van der Waals surface area contributed by atoms with Crippen molar-refractivity contribution in [1.82, 2.24) is 10.2 Å². The van der Waals surface area contributed by atoms with E-state index in [9.17, 15) is 9.59 Å². The van der Waals surface area contributed by atoms with Crippen molar-refractivity contribution in [2.75, 3.05) is 26.7 Å². The fourth-order valence-corrected chi connectivity index (χ4v) is 1.73. The van der Waals surface area contributed by atoms with Crippen LogP contribution in [0.25, 0.3) is 0 Å². The van der Waals surface area contributed by atoms with Crippen LogP contribution in [0, 0.1) is 5.92 Å². The highest BCUT2D eigenvalue weighted by atomic mass is 16.5. The summed E-state index contributed by atoms with van der Waals surface area (Å²) in [6.45, 7) is 10.9. The van der Waals surface area contributed by atoms with E-state index in [2.05, 4.69) is 5.32 Å². The van der Waals surface area contributed by atoms with Crippen molar-refractivity contribution in [2.24, 2.45) is 5.92 Å². The van der Waals surface area contributed by atoms with Crippen LogP contribution in [-0.2, 0) is 14.3 Å². The average Bonchev–Trinajstić information content (AvgIpc) is 2.24. The lowest BCUT2D eigenvalue weighted by molar-refractivity contribution is -0.128. The van der Waals surface area contributed by atoms with Crippen molar-refractivity contribution < 1.29 is 14.3 Å². The Hall–Kier alpha value is -0.940. The van der Waals surface area contributed by atoms with Gasteiger partial charge in [0.25, 0.3) is 0 Å². The van der Waals surface area contributed by atoms with Gasteiger partial charge in [0, 0.05) is 6.54 Å². The second-order valence-corrected chi connectivity index (χ2v) is 5.56. The van der Waals surface area contributed by atoms with E-state index in [-0.39, 0.29) is 30.3 Å². The van der Waals surface area contributed by atoms with E-state index in [1.54, 1.807) is 0 Å². The van der Waals surface area contributed by atoms with Gasteiger partial charge in [-0.3, -0.25) is 14.5 Å². The third-order valence-electron chi connectivity index (χ3n) is 2.76. The van der Waals surface area contributed by atoms with E-state index >= 15 is 0 Å². The van der Waals surface area contributed by atoms with Gasteiger partial charge in [-0.15, -0.1) is 0 Å². The lowest BCUT2D eigenvalue weighted by Gasteiger charge is -2.22. The number of Topliss-reactive ketones (excluding diaryl/α,β-unsaturated/α-hetero) is 1. The summed E-state index contributed by atoms with van der Waals surface area (Å²) in [6.07, 6.45) is 0.199. The molecular formula is C14H28N2O3. The summed E-state index contributed by atoms with van der Waals surface area (Å²) >= 11 is 0. The Balaban J connectivity index is 4.05. The molecule has 5 nitrogen and oxygen atoms in total. The van der Waals surface area contributed by atoms with Crippen LogP contribution < -0.4 is 5.32 Å². The first-order valence-electron chi connectivity index (χ1n) is 6.84. The first kappa shape index (κ1) is 18.1. The molecule has 19 heavy (non-hydrogen) atoms. The number of rotatable bonds is 9. The predicted octanol–water partition coefficient (Wildman–Crippen LogP) is 1.07. The summed E-state index contributed by atoms with van der Waals surface area (Å²) in [5.41, 5.74) is 0. The third kappa shape index (κ3) is 8.72. The smallest absolute Gasteiger partial charge is 0.234 e. The maximum atomic E-state index is 11.8. The van der Waals surface area contributed by atoms with Gasteiger partial charge in [-0.1, -0.05) is 13.8 Å².